The summed E-state index contributed by atoms with van der Waals surface area (Å²) in [6.07, 6.45) is 1.79. The zero-order valence-electron chi connectivity index (χ0n) is 12.2. The van der Waals surface area contributed by atoms with Crippen LogP contribution in [0.3, 0.4) is 0 Å². The van der Waals surface area contributed by atoms with Crippen LogP contribution in [0.4, 0.5) is 5.82 Å². The van der Waals surface area contributed by atoms with E-state index in [-0.39, 0.29) is 6.10 Å². The van der Waals surface area contributed by atoms with Gasteiger partial charge in [0.05, 0.1) is 12.7 Å². The maximum absolute atomic E-state index is 6.07. The Hall–Kier alpha value is -1.35. The van der Waals surface area contributed by atoms with Crippen molar-refractivity contribution in [3.05, 3.63) is 28.4 Å². The summed E-state index contributed by atoms with van der Waals surface area (Å²) in [7, 11) is 1.99. The standard InChI is InChI=1S/C13H17ClN6OS/c1-19(12-3-2-4-15-17-12)7-10-8-20(5-6-21-10)9-11-13(14)22-18-16-11/h2-4,10H,5-9H2,1H3. The maximum Gasteiger partial charge on any atom is 0.151 e. The van der Waals surface area contributed by atoms with Crippen LogP contribution in [0.2, 0.25) is 4.34 Å². The molecule has 0 amide bonds. The molecule has 0 saturated carbocycles. The Balaban J connectivity index is 1.55. The molecule has 0 aromatic carbocycles. The van der Waals surface area contributed by atoms with Gasteiger partial charge in [-0.2, -0.15) is 5.10 Å². The predicted octanol–water partition coefficient (Wildman–Crippen LogP) is 1.32. The SMILES string of the molecule is CN(CC1CN(Cc2nnsc2Cl)CCO1)c1cccnn1. The van der Waals surface area contributed by atoms with Crippen molar-refractivity contribution in [2.24, 2.45) is 0 Å². The second-order valence-corrected chi connectivity index (χ2v) is 6.54. The van der Waals surface area contributed by atoms with E-state index in [9.17, 15) is 0 Å². The molecule has 1 fully saturated rings. The lowest BCUT2D eigenvalue weighted by Gasteiger charge is -2.34. The summed E-state index contributed by atoms with van der Waals surface area (Å²) in [5.41, 5.74) is 0.842. The van der Waals surface area contributed by atoms with Crippen LogP contribution in [0.15, 0.2) is 18.3 Å². The van der Waals surface area contributed by atoms with E-state index < -0.39 is 0 Å². The molecule has 1 unspecified atom stereocenters. The molecule has 0 aliphatic carbocycles. The summed E-state index contributed by atoms with van der Waals surface area (Å²) in [5.74, 6) is 0.843. The predicted molar refractivity (Wildman–Crippen MR) is 85.2 cm³/mol. The van der Waals surface area contributed by atoms with Crippen LogP contribution < -0.4 is 4.90 Å². The Morgan fingerprint density at radius 2 is 2.41 bits per heavy atom. The van der Waals surface area contributed by atoms with Crippen molar-refractivity contribution in [2.45, 2.75) is 12.6 Å². The van der Waals surface area contributed by atoms with Crippen LogP contribution in [0.1, 0.15) is 5.69 Å². The normalized spacial score (nSPS) is 19.3. The molecule has 7 nitrogen and oxygen atoms in total. The zero-order chi connectivity index (χ0) is 15.4. The molecule has 2 aromatic rings. The first kappa shape index (κ1) is 15.5. The van der Waals surface area contributed by atoms with E-state index in [0.29, 0.717) is 17.5 Å². The molecule has 1 atom stereocenters. The van der Waals surface area contributed by atoms with Gasteiger partial charge in [0.1, 0.15) is 10.0 Å². The van der Waals surface area contributed by atoms with Crippen LogP contribution in [0.25, 0.3) is 0 Å². The zero-order valence-corrected chi connectivity index (χ0v) is 13.8. The van der Waals surface area contributed by atoms with Gasteiger partial charge in [0.25, 0.3) is 0 Å². The second kappa shape index (κ2) is 7.28. The van der Waals surface area contributed by atoms with E-state index >= 15 is 0 Å². The minimum absolute atomic E-state index is 0.117. The topological polar surface area (TPSA) is 67.3 Å². The van der Waals surface area contributed by atoms with Gasteiger partial charge in [-0.05, 0) is 12.1 Å². The molecular formula is C13H17ClN6OS. The number of likely N-dealkylation sites (N-methyl/N-ethyl adjacent to an activating group) is 1. The van der Waals surface area contributed by atoms with Crippen LogP contribution in [-0.2, 0) is 11.3 Å². The average molecular weight is 341 g/mol. The van der Waals surface area contributed by atoms with Gasteiger partial charge in [-0.1, -0.05) is 16.1 Å². The fraction of sp³-hybridized carbons (Fsp3) is 0.538. The van der Waals surface area contributed by atoms with Gasteiger partial charge in [-0.25, -0.2) is 0 Å². The molecule has 3 heterocycles. The number of aromatic nitrogens is 4. The highest BCUT2D eigenvalue weighted by molar-refractivity contribution is 7.10. The minimum atomic E-state index is 0.117. The van der Waals surface area contributed by atoms with E-state index in [1.165, 1.54) is 11.5 Å². The Morgan fingerprint density at radius 3 is 3.14 bits per heavy atom. The summed E-state index contributed by atoms with van der Waals surface area (Å²) >= 11 is 7.30. The lowest BCUT2D eigenvalue weighted by molar-refractivity contribution is -0.0268. The molecule has 9 heteroatoms. The van der Waals surface area contributed by atoms with Crippen LogP contribution in [0, 0.1) is 0 Å². The van der Waals surface area contributed by atoms with Gasteiger partial charge in [0, 0.05) is 51.0 Å². The van der Waals surface area contributed by atoms with Crippen molar-refractivity contribution < 1.29 is 4.74 Å². The quantitative estimate of drug-likeness (QED) is 0.813. The fourth-order valence-electron chi connectivity index (χ4n) is 2.43. The molecule has 118 valence electrons. The Kier molecular flexibility index (Phi) is 5.14. The molecular weight excluding hydrogens is 324 g/mol. The van der Waals surface area contributed by atoms with Crippen molar-refractivity contribution in [1.82, 2.24) is 24.7 Å². The molecule has 0 N–H and O–H groups in total. The van der Waals surface area contributed by atoms with Crippen molar-refractivity contribution in [3.8, 4) is 0 Å². The molecule has 1 aliphatic rings. The summed E-state index contributed by atoms with van der Waals surface area (Å²) in [5, 5.41) is 12.1. The van der Waals surface area contributed by atoms with E-state index in [2.05, 4.69) is 29.6 Å². The van der Waals surface area contributed by atoms with E-state index in [4.69, 9.17) is 16.3 Å². The van der Waals surface area contributed by atoms with Crippen molar-refractivity contribution in [1.29, 1.82) is 0 Å². The highest BCUT2D eigenvalue weighted by Crippen LogP contribution is 2.20. The minimum Gasteiger partial charge on any atom is -0.374 e. The maximum atomic E-state index is 6.07. The van der Waals surface area contributed by atoms with E-state index in [0.717, 1.165) is 31.1 Å². The van der Waals surface area contributed by atoms with Gasteiger partial charge in [-0.15, -0.1) is 10.2 Å². The van der Waals surface area contributed by atoms with Gasteiger partial charge < -0.3 is 9.64 Å². The number of nitrogens with zero attached hydrogens (tertiary/aromatic N) is 6. The first-order chi connectivity index (χ1) is 10.7. The van der Waals surface area contributed by atoms with Crippen molar-refractivity contribution >= 4 is 29.0 Å². The van der Waals surface area contributed by atoms with E-state index in [1.54, 1.807) is 6.20 Å². The van der Waals surface area contributed by atoms with E-state index in [1.807, 2.05) is 19.2 Å². The van der Waals surface area contributed by atoms with Crippen LogP contribution in [0.5, 0.6) is 0 Å². The molecule has 0 radical (unpaired) electrons. The average Bonchev–Trinajstić information content (AvgIpc) is 2.94. The number of halogens is 1. The third-order valence-electron chi connectivity index (χ3n) is 3.53. The van der Waals surface area contributed by atoms with Gasteiger partial charge in [0.2, 0.25) is 0 Å². The van der Waals surface area contributed by atoms with Crippen molar-refractivity contribution in [3.63, 3.8) is 0 Å². The number of morpholine rings is 1. The summed E-state index contributed by atoms with van der Waals surface area (Å²) in [6.45, 7) is 3.88. The number of anilines is 1. The lowest BCUT2D eigenvalue weighted by Crippen LogP contribution is -2.46. The molecule has 0 spiro atoms. The third-order valence-corrected chi connectivity index (χ3v) is 4.52. The Bertz CT molecular complexity index is 597. The highest BCUT2D eigenvalue weighted by atomic mass is 35.5. The number of ether oxygens (including phenoxy) is 1. The summed E-state index contributed by atoms with van der Waals surface area (Å²) in [6, 6.07) is 3.82. The molecule has 1 saturated heterocycles. The third kappa shape index (κ3) is 3.89. The van der Waals surface area contributed by atoms with Crippen LogP contribution in [-0.4, -0.2) is 64.1 Å². The summed E-state index contributed by atoms with van der Waals surface area (Å²) < 4.78 is 10.4. The highest BCUT2D eigenvalue weighted by Gasteiger charge is 2.23. The largest absolute Gasteiger partial charge is 0.374 e. The van der Waals surface area contributed by atoms with Crippen LogP contribution >= 0.6 is 23.1 Å². The molecule has 1 aliphatic heterocycles. The Morgan fingerprint density at radius 1 is 1.50 bits per heavy atom. The summed E-state index contributed by atoms with van der Waals surface area (Å²) in [4.78, 5) is 4.35. The number of rotatable bonds is 5. The molecule has 3 rings (SSSR count). The molecule has 0 bridgehead atoms. The second-order valence-electron chi connectivity index (χ2n) is 5.18. The van der Waals surface area contributed by atoms with Gasteiger partial charge >= 0.3 is 0 Å². The van der Waals surface area contributed by atoms with Gasteiger partial charge in [0.15, 0.2) is 5.82 Å². The molecule has 2 aromatic heterocycles. The Labute approximate surface area is 138 Å². The lowest BCUT2D eigenvalue weighted by atomic mass is 10.2. The van der Waals surface area contributed by atoms with Crippen molar-refractivity contribution in [2.75, 3.05) is 38.2 Å². The number of hydrogen-bond donors (Lipinski definition) is 0. The smallest absolute Gasteiger partial charge is 0.151 e. The number of hydrogen-bond acceptors (Lipinski definition) is 8. The first-order valence-corrected chi connectivity index (χ1v) is 8.17. The molecule has 22 heavy (non-hydrogen) atoms. The fourth-order valence-corrected chi connectivity index (χ4v) is 3.05. The van der Waals surface area contributed by atoms with Gasteiger partial charge in [-0.3, -0.25) is 4.90 Å². The first-order valence-electron chi connectivity index (χ1n) is 7.02. The monoisotopic (exact) mass is 340 g/mol.